The number of ether oxygens (including phenoxy) is 1. The zero-order valence-corrected chi connectivity index (χ0v) is 9.58. The average molecular weight is 226 g/mol. The molecule has 0 bridgehead atoms. The van der Waals surface area contributed by atoms with Crippen LogP contribution in [0.25, 0.3) is 0 Å². The molecule has 0 saturated heterocycles. The largest absolute Gasteiger partial charge is 0.493 e. The third kappa shape index (κ3) is 2.72. The summed E-state index contributed by atoms with van der Waals surface area (Å²) in [4.78, 5) is 10.7. The van der Waals surface area contributed by atoms with Crippen molar-refractivity contribution in [3.63, 3.8) is 0 Å². The third-order valence-corrected chi connectivity index (χ3v) is 2.36. The van der Waals surface area contributed by atoms with Crippen molar-refractivity contribution in [2.75, 3.05) is 7.11 Å². The molecule has 4 heteroatoms. The van der Waals surface area contributed by atoms with Crippen LogP contribution >= 0.6 is 0 Å². The summed E-state index contributed by atoms with van der Waals surface area (Å²) in [5.74, 6) is -1.34. The average Bonchev–Trinajstić information content (AvgIpc) is 2.16. The van der Waals surface area contributed by atoms with Crippen LogP contribution in [0.5, 0.6) is 5.75 Å². The molecule has 0 aliphatic heterocycles. The zero-order valence-electron chi connectivity index (χ0n) is 9.58. The molecule has 0 aliphatic rings. The first kappa shape index (κ1) is 12.5. The van der Waals surface area contributed by atoms with E-state index in [4.69, 9.17) is 9.84 Å². The second kappa shape index (κ2) is 4.96. The van der Waals surface area contributed by atoms with Crippen LogP contribution < -0.4 is 4.74 Å². The molecule has 1 aromatic carbocycles. The van der Waals surface area contributed by atoms with Gasteiger partial charge in [-0.05, 0) is 17.5 Å². The molecule has 0 saturated carbocycles. The zero-order chi connectivity index (χ0) is 12.3. The molecule has 16 heavy (non-hydrogen) atoms. The lowest BCUT2D eigenvalue weighted by Gasteiger charge is -2.12. The van der Waals surface area contributed by atoms with E-state index in [1.165, 1.54) is 13.2 Å². The van der Waals surface area contributed by atoms with E-state index in [-0.39, 0.29) is 18.1 Å². The molecule has 0 unspecified atom stereocenters. The Labute approximate surface area is 93.9 Å². The lowest BCUT2D eigenvalue weighted by molar-refractivity contribution is -0.136. The SMILES string of the molecule is COc1c(F)cc(C(C)C)cc1CC(=O)O. The van der Waals surface area contributed by atoms with Gasteiger partial charge in [0.05, 0.1) is 13.5 Å². The summed E-state index contributed by atoms with van der Waals surface area (Å²) in [7, 11) is 1.33. The number of benzene rings is 1. The number of rotatable bonds is 4. The Bertz CT molecular complexity index is 399. The summed E-state index contributed by atoms with van der Waals surface area (Å²) in [5, 5.41) is 8.73. The van der Waals surface area contributed by atoms with E-state index >= 15 is 0 Å². The first-order valence-corrected chi connectivity index (χ1v) is 5.03. The fraction of sp³-hybridized carbons (Fsp3) is 0.417. The predicted molar refractivity (Wildman–Crippen MR) is 58.4 cm³/mol. The highest BCUT2D eigenvalue weighted by atomic mass is 19.1. The van der Waals surface area contributed by atoms with Gasteiger partial charge in [0.1, 0.15) is 0 Å². The van der Waals surface area contributed by atoms with Crippen LogP contribution in [-0.2, 0) is 11.2 Å². The Morgan fingerprint density at radius 3 is 2.56 bits per heavy atom. The number of hydrogen-bond acceptors (Lipinski definition) is 2. The van der Waals surface area contributed by atoms with E-state index in [0.29, 0.717) is 5.56 Å². The number of carboxylic acids is 1. The molecule has 0 aliphatic carbocycles. The lowest BCUT2D eigenvalue weighted by atomic mass is 9.98. The van der Waals surface area contributed by atoms with Crippen molar-refractivity contribution in [1.29, 1.82) is 0 Å². The molecule has 0 radical (unpaired) electrons. The Hall–Kier alpha value is -1.58. The Morgan fingerprint density at radius 2 is 2.12 bits per heavy atom. The molecule has 0 spiro atoms. The Kier molecular flexibility index (Phi) is 3.88. The minimum atomic E-state index is -1.00. The van der Waals surface area contributed by atoms with Gasteiger partial charge in [-0.1, -0.05) is 19.9 Å². The number of hydrogen-bond donors (Lipinski definition) is 1. The molecule has 1 N–H and O–H groups in total. The van der Waals surface area contributed by atoms with Crippen molar-refractivity contribution in [3.05, 3.63) is 29.1 Å². The molecule has 3 nitrogen and oxygen atoms in total. The van der Waals surface area contributed by atoms with Crippen molar-refractivity contribution in [2.24, 2.45) is 0 Å². The van der Waals surface area contributed by atoms with Gasteiger partial charge < -0.3 is 9.84 Å². The fourth-order valence-corrected chi connectivity index (χ4v) is 1.53. The van der Waals surface area contributed by atoms with Crippen LogP contribution in [0.1, 0.15) is 30.9 Å². The number of carbonyl (C=O) groups is 1. The molecule has 1 rings (SSSR count). The minimum Gasteiger partial charge on any atom is -0.493 e. The van der Waals surface area contributed by atoms with Gasteiger partial charge in [0.2, 0.25) is 0 Å². The number of aliphatic carboxylic acids is 1. The quantitative estimate of drug-likeness (QED) is 0.858. The van der Waals surface area contributed by atoms with Gasteiger partial charge in [0, 0.05) is 5.56 Å². The monoisotopic (exact) mass is 226 g/mol. The van der Waals surface area contributed by atoms with E-state index < -0.39 is 11.8 Å². The first-order valence-electron chi connectivity index (χ1n) is 5.03. The van der Waals surface area contributed by atoms with Crippen molar-refractivity contribution < 1.29 is 19.0 Å². The second-order valence-corrected chi connectivity index (χ2v) is 3.92. The fourth-order valence-electron chi connectivity index (χ4n) is 1.53. The van der Waals surface area contributed by atoms with Gasteiger partial charge in [-0.25, -0.2) is 4.39 Å². The van der Waals surface area contributed by atoms with Gasteiger partial charge in [0.15, 0.2) is 11.6 Å². The smallest absolute Gasteiger partial charge is 0.307 e. The van der Waals surface area contributed by atoms with Gasteiger partial charge in [-0.2, -0.15) is 0 Å². The van der Waals surface area contributed by atoms with Crippen molar-refractivity contribution in [2.45, 2.75) is 26.2 Å². The summed E-state index contributed by atoms with van der Waals surface area (Å²) in [6, 6.07) is 3.07. The highest BCUT2D eigenvalue weighted by Crippen LogP contribution is 2.28. The third-order valence-electron chi connectivity index (χ3n) is 2.36. The topological polar surface area (TPSA) is 46.5 Å². The standard InChI is InChI=1S/C12H15FO3/c1-7(2)8-4-9(6-11(14)15)12(16-3)10(13)5-8/h4-5,7H,6H2,1-3H3,(H,14,15). The van der Waals surface area contributed by atoms with Crippen LogP contribution in [0.3, 0.4) is 0 Å². The molecule has 0 atom stereocenters. The molecule has 0 fully saturated rings. The van der Waals surface area contributed by atoms with E-state index in [1.54, 1.807) is 6.07 Å². The van der Waals surface area contributed by atoms with Gasteiger partial charge in [0.25, 0.3) is 0 Å². The maximum atomic E-state index is 13.6. The summed E-state index contributed by atoms with van der Waals surface area (Å²) < 4.78 is 18.5. The number of carboxylic acid groups (broad SMARTS) is 1. The van der Waals surface area contributed by atoms with E-state index in [1.807, 2.05) is 13.8 Å². The Morgan fingerprint density at radius 1 is 1.50 bits per heavy atom. The number of methoxy groups -OCH3 is 1. The number of halogens is 1. The highest BCUT2D eigenvalue weighted by Gasteiger charge is 2.15. The summed E-state index contributed by atoms with van der Waals surface area (Å²) in [5.41, 5.74) is 1.15. The molecular formula is C12H15FO3. The van der Waals surface area contributed by atoms with Crippen molar-refractivity contribution >= 4 is 5.97 Å². The molecule has 88 valence electrons. The maximum absolute atomic E-state index is 13.6. The summed E-state index contributed by atoms with van der Waals surface area (Å²) in [6.07, 6.45) is -0.235. The molecule has 0 heterocycles. The summed E-state index contributed by atoms with van der Waals surface area (Å²) >= 11 is 0. The van der Waals surface area contributed by atoms with E-state index in [2.05, 4.69) is 0 Å². The lowest BCUT2D eigenvalue weighted by Crippen LogP contribution is -2.05. The minimum absolute atomic E-state index is 0.0202. The molecular weight excluding hydrogens is 211 g/mol. The first-order chi connectivity index (χ1) is 7.45. The molecule has 1 aromatic rings. The normalized spacial score (nSPS) is 10.6. The van der Waals surface area contributed by atoms with E-state index in [9.17, 15) is 9.18 Å². The highest BCUT2D eigenvalue weighted by molar-refractivity contribution is 5.71. The van der Waals surface area contributed by atoms with Crippen molar-refractivity contribution in [1.82, 2.24) is 0 Å². The Balaban J connectivity index is 3.24. The van der Waals surface area contributed by atoms with Gasteiger partial charge in [-0.15, -0.1) is 0 Å². The van der Waals surface area contributed by atoms with Gasteiger partial charge in [-0.3, -0.25) is 4.79 Å². The molecule has 0 amide bonds. The predicted octanol–water partition coefficient (Wildman–Crippen LogP) is 2.58. The van der Waals surface area contributed by atoms with Gasteiger partial charge >= 0.3 is 5.97 Å². The second-order valence-electron chi connectivity index (χ2n) is 3.92. The molecule has 0 aromatic heterocycles. The van der Waals surface area contributed by atoms with Crippen molar-refractivity contribution in [3.8, 4) is 5.75 Å². The van der Waals surface area contributed by atoms with Crippen LogP contribution in [0.2, 0.25) is 0 Å². The summed E-state index contributed by atoms with van der Waals surface area (Å²) in [6.45, 7) is 3.84. The van der Waals surface area contributed by atoms with Crippen LogP contribution in [-0.4, -0.2) is 18.2 Å². The van der Waals surface area contributed by atoms with Crippen LogP contribution in [0, 0.1) is 5.82 Å². The van der Waals surface area contributed by atoms with E-state index in [0.717, 1.165) is 5.56 Å². The van der Waals surface area contributed by atoms with Crippen LogP contribution in [0.4, 0.5) is 4.39 Å². The maximum Gasteiger partial charge on any atom is 0.307 e. The van der Waals surface area contributed by atoms with Crippen LogP contribution in [0.15, 0.2) is 12.1 Å².